The monoisotopic (exact) mass is 243 g/mol. The Bertz CT molecular complexity index is 564. The predicted octanol–water partition coefficient (Wildman–Crippen LogP) is 3.29. The zero-order valence-corrected chi connectivity index (χ0v) is 10.9. The number of hydrogen-bond donors (Lipinski definition) is 1. The molecule has 1 N–H and O–H groups in total. The molecule has 0 amide bonds. The molecular formula is C15H17NO2. The van der Waals surface area contributed by atoms with E-state index in [-0.39, 0.29) is 6.61 Å². The van der Waals surface area contributed by atoms with Crippen LogP contribution in [0, 0.1) is 20.8 Å². The van der Waals surface area contributed by atoms with Gasteiger partial charge in [0.05, 0.1) is 6.61 Å². The first-order valence-corrected chi connectivity index (χ1v) is 5.91. The number of aryl methyl sites for hydroxylation is 2. The molecule has 2 aromatic rings. The maximum Gasteiger partial charge on any atom is 0.219 e. The smallest absolute Gasteiger partial charge is 0.219 e. The number of hydrogen-bond acceptors (Lipinski definition) is 3. The zero-order chi connectivity index (χ0) is 13.1. The first-order chi connectivity index (χ1) is 8.60. The van der Waals surface area contributed by atoms with Crippen molar-refractivity contribution in [2.75, 3.05) is 0 Å². The number of benzene rings is 1. The largest absolute Gasteiger partial charge is 0.439 e. The number of rotatable bonds is 3. The highest BCUT2D eigenvalue weighted by Crippen LogP contribution is 2.27. The number of ether oxygens (including phenoxy) is 1. The van der Waals surface area contributed by atoms with Crippen molar-refractivity contribution < 1.29 is 9.84 Å². The first-order valence-electron chi connectivity index (χ1n) is 5.91. The molecular weight excluding hydrogens is 226 g/mol. The van der Waals surface area contributed by atoms with Crippen LogP contribution in [0.3, 0.4) is 0 Å². The molecule has 0 spiro atoms. The van der Waals surface area contributed by atoms with Crippen LogP contribution in [-0.4, -0.2) is 10.1 Å². The van der Waals surface area contributed by atoms with Crippen molar-refractivity contribution in [1.82, 2.24) is 4.98 Å². The Morgan fingerprint density at radius 1 is 1.17 bits per heavy atom. The van der Waals surface area contributed by atoms with Gasteiger partial charge in [-0.25, -0.2) is 4.98 Å². The summed E-state index contributed by atoms with van der Waals surface area (Å²) >= 11 is 0. The minimum Gasteiger partial charge on any atom is -0.439 e. The van der Waals surface area contributed by atoms with Gasteiger partial charge in [-0.3, -0.25) is 0 Å². The fraction of sp³-hybridized carbons (Fsp3) is 0.267. The van der Waals surface area contributed by atoms with Gasteiger partial charge in [-0.05, 0) is 55.2 Å². The molecule has 0 saturated carbocycles. The van der Waals surface area contributed by atoms with Gasteiger partial charge in [-0.2, -0.15) is 0 Å². The summed E-state index contributed by atoms with van der Waals surface area (Å²) in [6, 6.07) is 7.63. The highest BCUT2D eigenvalue weighted by atomic mass is 16.5. The number of aliphatic hydroxyl groups is 1. The quantitative estimate of drug-likeness (QED) is 0.899. The van der Waals surface area contributed by atoms with E-state index in [0.717, 1.165) is 22.4 Å². The minimum absolute atomic E-state index is 0.00922. The molecule has 3 heteroatoms. The number of aliphatic hydroxyl groups excluding tert-OH is 1. The zero-order valence-electron chi connectivity index (χ0n) is 10.9. The van der Waals surface area contributed by atoms with Crippen LogP contribution in [0.5, 0.6) is 11.6 Å². The second-order valence-corrected chi connectivity index (χ2v) is 4.47. The molecule has 0 aliphatic heterocycles. The summed E-state index contributed by atoms with van der Waals surface area (Å²) in [5.41, 5.74) is 4.26. The number of aromatic nitrogens is 1. The minimum atomic E-state index is -0.00922. The summed E-state index contributed by atoms with van der Waals surface area (Å²) in [5.74, 6) is 1.32. The van der Waals surface area contributed by atoms with Gasteiger partial charge in [0.1, 0.15) is 5.75 Å². The van der Waals surface area contributed by atoms with Gasteiger partial charge < -0.3 is 9.84 Å². The maximum absolute atomic E-state index is 9.09. The Morgan fingerprint density at radius 3 is 2.67 bits per heavy atom. The van der Waals surface area contributed by atoms with Crippen LogP contribution >= 0.6 is 0 Å². The normalized spacial score (nSPS) is 10.4. The van der Waals surface area contributed by atoms with Crippen molar-refractivity contribution in [1.29, 1.82) is 0 Å². The molecule has 0 saturated heterocycles. The standard InChI is InChI=1S/C15H17NO2/c1-10-6-11(2)12(3)14(7-10)18-15-8-13(9-17)4-5-16-15/h4-8,17H,9H2,1-3H3. The third kappa shape index (κ3) is 2.68. The fourth-order valence-corrected chi connectivity index (χ4v) is 1.82. The van der Waals surface area contributed by atoms with Gasteiger partial charge in [0.15, 0.2) is 0 Å². The molecule has 1 aromatic heterocycles. The van der Waals surface area contributed by atoms with E-state index in [9.17, 15) is 0 Å². The third-order valence-corrected chi connectivity index (χ3v) is 2.96. The van der Waals surface area contributed by atoms with Gasteiger partial charge in [-0.15, -0.1) is 0 Å². The first kappa shape index (κ1) is 12.6. The summed E-state index contributed by atoms with van der Waals surface area (Å²) in [5, 5.41) is 9.09. The van der Waals surface area contributed by atoms with Crippen LogP contribution < -0.4 is 4.74 Å². The average molecular weight is 243 g/mol. The van der Waals surface area contributed by atoms with Crippen molar-refractivity contribution in [3.8, 4) is 11.6 Å². The molecule has 1 heterocycles. The van der Waals surface area contributed by atoms with Crippen molar-refractivity contribution in [3.05, 3.63) is 52.7 Å². The molecule has 0 fully saturated rings. The Kier molecular flexibility index (Phi) is 3.63. The fourth-order valence-electron chi connectivity index (χ4n) is 1.82. The molecule has 0 unspecified atom stereocenters. The summed E-state index contributed by atoms with van der Waals surface area (Å²) < 4.78 is 5.79. The van der Waals surface area contributed by atoms with E-state index in [2.05, 4.69) is 18.0 Å². The van der Waals surface area contributed by atoms with E-state index >= 15 is 0 Å². The summed E-state index contributed by atoms with van der Waals surface area (Å²) in [6.45, 7) is 6.12. The molecule has 94 valence electrons. The summed E-state index contributed by atoms with van der Waals surface area (Å²) in [7, 11) is 0. The Balaban J connectivity index is 2.33. The summed E-state index contributed by atoms with van der Waals surface area (Å²) in [4.78, 5) is 4.15. The highest BCUT2D eigenvalue weighted by Gasteiger charge is 2.06. The SMILES string of the molecule is Cc1cc(C)c(C)c(Oc2cc(CO)ccn2)c1. The molecule has 0 radical (unpaired) electrons. The molecule has 18 heavy (non-hydrogen) atoms. The van der Waals surface area contributed by atoms with E-state index in [0.29, 0.717) is 5.88 Å². The third-order valence-electron chi connectivity index (χ3n) is 2.96. The second kappa shape index (κ2) is 5.19. The molecule has 0 bridgehead atoms. The van der Waals surface area contributed by atoms with Gasteiger partial charge in [0.2, 0.25) is 5.88 Å². The lowest BCUT2D eigenvalue weighted by Gasteiger charge is -2.11. The molecule has 0 aliphatic carbocycles. The lowest BCUT2D eigenvalue weighted by atomic mass is 10.1. The summed E-state index contributed by atoms with van der Waals surface area (Å²) in [6.07, 6.45) is 1.64. The topological polar surface area (TPSA) is 42.4 Å². The van der Waals surface area contributed by atoms with E-state index < -0.39 is 0 Å². The molecule has 0 aliphatic rings. The van der Waals surface area contributed by atoms with Gasteiger partial charge in [-0.1, -0.05) is 6.07 Å². The van der Waals surface area contributed by atoms with Gasteiger partial charge in [0.25, 0.3) is 0 Å². The van der Waals surface area contributed by atoms with Crippen LogP contribution in [0.25, 0.3) is 0 Å². The molecule has 0 atom stereocenters. The van der Waals surface area contributed by atoms with Crippen molar-refractivity contribution in [3.63, 3.8) is 0 Å². The predicted molar refractivity (Wildman–Crippen MR) is 70.9 cm³/mol. The van der Waals surface area contributed by atoms with Crippen LogP contribution in [0.4, 0.5) is 0 Å². The van der Waals surface area contributed by atoms with Crippen LogP contribution in [0.1, 0.15) is 22.3 Å². The second-order valence-electron chi connectivity index (χ2n) is 4.47. The average Bonchev–Trinajstić information content (AvgIpc) is 2.35. The van der Waals surface area contributed by atoms with Gasteiger partial charge in [0, 0.05) is 12.3 Å². The highest BCUT2D eigenvalue weighted by molar-refractivity contribution is 5.43. The molecule has 2 rings (SSSR count). The Labute approximate surface area is 107 Å². The van der Waals surface area contributed by atoms with E-state index in [1.54, 1.807) is 18.3 Å². The molecule has 3 nitrogen and oxygen atoms in total. The van der Waals surface area contributed by atoms with E-state index in [4.69, 9.17) is 9.84 Å². The van der Waals surface area contributed by atoms with Gasteiger partial charge >= 0.3 is 0 Å². The van der Waals surface area contributed by atoms with Crippen molar-refractivity contribution in [2.45, 2.75) is 27.4 Å². The van der Waals surface area contributed by atoms with Crippen molar-refractivity contribution in [2.24, 2.45) is 0 Å². The maximum atomic E-state index is 9.09. The molecule has 1 aromatic carbocycles. The Morgan fingerprint density at radius 2 is 1.94 bits per heavy atom. The lowest BCUT2D eigenvalue weighted by Crippen LogP contribution is -1.94. The lowest BCUT2D eigenvalue weighted by molar-refractivity contribution is 0.281. The van der Waals surface area contributed by atoms with Crippen molar-refractivity contribution >= 4 is 0 Å². The van der Waals surface area contributed by atoms with Crippen LogP contribution in [0.2, 0.25) is 0 Å². The van der Waals surface area contributed by atoms with Crippen LogP contribution in [0.15, 0.2) is 30.5 Å². The Hall–Kier alpha value is -1.87. The number of pyridine rings is 1. The van der Waals surface area contributed by atoms with E-state index in [1.807, 2.05) is 19.9 Å². The number of nitrogens with zero attached hydrogens (tertiary/aromatic N) is 1. The van der Waals surface area contributed by atoms with Crippen LogP contribution in [-0.2, 0) is 6.61 Å². The van der Waals surface area contributed by atoms with E-state index in [1.165, 1.54) is 5.56 Å².